The van der Waals surface area contributed by atoms with Crippen LogP contribution in [-0.4, -0.2) is 25.7 Å². The van der Waals surface area contributed by atoms with Crippen LogP contribution in [0.2, 0.25) is 0 Å². The van der Waals surface area contributed by atoms with Gasteiger partial charge in [0.25, 0.3) is 0 Å². The molecule has 1 aliphatic rings. The Morgan fingerprint density at radius 2 is 2.07 bits per heavy atom. The molecule has 1 aromatic rings. The molecule has 0 bridgehead atoms. The standard InChI is InChI=1S/C11H17N3/c1-9-8-14(7-6-13-9)11-4-2-10(12)3-5-11/h2-5,9,13H,6-8,12H2,1H3. The Kier molecular flexibility index (Phi) is 2.59. The molecule has 0 aromatic heterocycles. The smallest absolute Gasteiger partial charge is 0.0368 e. The zero-order chi connectivity index (χ0) is 9.97. The molecule has 3 heteroatoms. The molecule has 14 heavy (non-hydrogen) atoms. The molecule has 3 nitrogen and oxygen atoms in total. The fourth-order valence-corrected chi connectivity index (χ4v) is 1.85. The fourth-order valence-electron chi connectivity index (χ4n) is 1.85. The molecule has 1 atom stereocenters. The van der Waals surface area contributed by atoms with Crippen molar-refractivity contribution in [3.8, 4) is 0 Å². The Morgan fingerprint density at radius 1 is 1.36 bits per heavy atom. The Balaban J connectivity index is 2.10. The van der Waals surface area contributed by atoms with Crippen molar-refractivity contribution in [2.24, 2.45) is 0 Å². The quantitative estimate of drug-likeness (QED) is 0.652. The minimum atomic E-state index is 0.571. The van der Waals surface area contributed by atoms with Crippen molar-refractivity contribution in [2.75, 3.05) is 30.3 Å². The Hall–Kier alpha value is -1.22. The van der Waals surface area contributed by atoms with Gasteiger partial charge in [0.2, 0.25) is 0 Å². The van der Waals surface area contributed by atoms with Crippen LogP contribution in [0.4, 0.5) is 11.4 Å². The van der Waals surface area contributed by atoms with Gasteiger partial charge in [0, 0.05) is 37.1 Å². The third-order valence-corrected chi connectivity index (χ3v) is 2.63. The average molecular weight is 191 g/mol. The zero-order valence-electron chi connectivity index (χ0n) is 8.53. The predicted molar refractivity (Wildman–Crippen MR) is 60.5 cm³/mol. The molecular formula is C11H17N3. The highest BCUT2D eigenvalue weighted by Crippen LogP contribution is 2.17. The minimum absolute atomic E-state index is 0.571. The van der Waals surface area contributed by atoms with Gasteiger partial charge in [-0.1, -0.05) is 0 Å². The van der Waals surface area contributed by atoms with Gasteiger partial charge in [-0.2, -0.15) is 0 Å². The first-order valence-corrected chi connectivity index (χ1v) is 5.09. The van der Waals surface area contributed by atoms with Gasteiger partial charge in [-0.3, -0.25) is 0 Å². The first kappa shape index (κ1) is 9.34. The van der Waals surface area contributed by atoms with E-state index in [4.69, 9.17) is 5.73 Å². The van der Waals surface area contributed by atoms with Crippen LogP contribution in [0.5, 0.6) is 0 Å². The Morgan fingerprint density at radius 3 is 2.71 bits per heavy atom. The van der Waals surface area contributed by atoms with Crippen LogP contribution in [0.15, 0.2) is 24.3 Å². The average Bonchev–Trinajstić information content (AvgIpc) is 2.19. The molecular weight excluding hydrogens is 174 g/mol. The molecule has 1 heterocycles. The van der Waals surface area contributed by atoms with Gasteiger partial charge in [0.1, 0.15) is 0 Å². The van der Waals surface area contributed by atoms with Crippen molar-refractivity contribution in [3.63, 3.8) is 0 Å². The first-order valence-electron chi connectivity index (χ1n) is 5.09. The maximum absolute atomic E-state index is 5.65. The largest absolute Gasteiger partial charge is 0.399 e. The second-order valence-electron chi connectivity index (χ2n) is 3.89. The van der Waals surface area contributed by atoms with E-state index in [2.05, 4.69) is 29.3 Å². The van der Waals surface area contributed by atoms with E-state index in [1.807, 2.05) is 12.1 Å². The monoisotopic (exact) mass is 191 g/mol. The maximum Gasteiger partial charge on any atom is 0.0368 e. The second-order valence-corrected chi connectivity index (χ2v) is 3.89. The Bertz CT molecular complexity index is 294. The van der Waals surface area contributed by atoms with Crippen LogP contribution >= 0.6 is 0 Å². The van der Waals surface area contributed by atoms with Crippen molar-refractivity contribution >= 4 is 11.4 Å². The van der Waals surface area contributed by atoms with Gasteiger partial charge in [-0.05, 0) is 31.2 Å². The van der Waals surface area contributed by atoms with Crippen molar-refractivity contribution < 1.29 is 0 Å². The summed E-state index contributed by atoms with van der Waals surface area (Å²) in [4.78, 5) is 2.39. The second kappa shape index (κ2) is 3.88. The number of rotatable bonds is 1. The zero-order valence-corrected chi connectivity index (χ0v) is 8.53. The van der Waals surface area contributed by atoms with E-state index in [1.165, 1.54) is 5.69 Å². The summed E-state index contributed by atoms with van der Waals surface area (Å²) in [5.41, 5.74) is 7.75. The summed E-state index contributed by atoms with van der Waals surface area (Å²) in [5.74, 6) is 0. The first-order chi connectivity index (χ1) is 6.75. The van der Waals surface area contributed by atoms with E-state index >= 15 is 0 Å². The highest BCUT2D eigenvalue weighted by molar-refractivity contribution is 5.53. The highest BCUT2D eigenvalue weighted by Gasteiger charge is 2.15. The molecule has 0 spiro atoms. The number of benzene rings is 1. The molecule has 1 aliphatic heterocycles. The molecule has 0 radical (unpaired) electrons. The predicted octanol–water partition coefficient (Wildman–Crippen LogP) is 1.07. The normalized spacial score (nSPS) is 22.4. The van der Waals surface area contributed by atoms with Gasteiger partial charge in [0.15, 0.2) is 0 Å². The Labute approximate surface area is 84.9 Å². The summed E-state index contributed by atoms with van der Waals surface area (Å²) < 4.78 is 0. The number of nitrogen functional groups attached to an aromatic ring is 1. The molecule has 76 valence electrons. The van der Waals surface area contributed by atoms with Crippen LogP contribution in [0.3, 0.4) is 0 Å². The topological polar surface area (TPSA) is 41.3 Å². The van der Waals surface area contributed by atoms with Gasteiger partial charge < -0.3 is 16.0 Å². The summed E-state index contributed by atoms with van der Waals surface area (Å²) in [6.45, 7) is 5.42. The van der Waals surface area contributed by atoms with E-state index in [0.29, 0.717) is 6.04 Å². The number of anilines is 2. The molecule has 3 N–H and O–H groups in total. The van der Waals surface area contributed by atoms with Crippen LogP contribution in [0, 0.1) is 0 Å². The van der Waals surface area contributed by atoms with E-state index in [0.717, 1.165) is 25.3 Å². The van der Waals surface area contributed by atoms with E-state index < -0.39 is 0 Å². The third-order valence-electron chi connectivity index (χ3n) is 2.63. The van der Waals surface area contributed by atoms with Gasteiger partial charge in [-0.25, -0.2) is 0 Å². The summed E-state index contributed by atoms with van der Waals surface area (Å²) in [5, 5.41) is 3.43. The maximum atomic E-state index is 5.65. The van der Waals surface area contributed by atoms with Gasteiger partial charge in [-0.15, -0.1) is 0 Å². The SMILES string of the molecule is CC1CN(c2ccc(N)cc2)CCN1. The van der Waals surface area contributed by atoms with Crippen LogP contribution in [-0.2, 0) is 0 Å². The fraction of sp³-hybridized carbons (Fsp3) is 0.455. The number of nitrogens with one attached hydrogen (secondary N) is 1. The summed E-state index contributed by atoms with van der Waals surface area (Å²) in [6.07, 6.45) is 0. The van der Waals surface area contributed by atoms with E-state index in [1.54, 1.807) is 0 Å². The lowest BCUT2D eigenvalue weighted by molar-refractivity contribution is 0.485. The third kappa shape index (κ3) is 1.99. The van der Waals surface area contributed by atoms with Gasteiger partial charge >= 0.3 is 0 Å². The lowest BCUT2D eigenvalue weighted by Gasteiger charge is -2.33. The number of hydrogen-bond donors (Lipinski definition) is 2. The number of nitrogens with two attached hydrogens (primary N) is 1. The van der Waals surface area contributed by atoms with E-state index in [-0.39, 0.29) is 0 Å². The lowest BCUT2D eigenvalue weighted by atomic mass is 10.2. The molecule has 0 saturated carbocycles. The molecule has 0 aliphatic carbocycles. The van der Waals surface area contributed by atoms with Crippen LogP contribution in [0.1, 0.15) is 6.92 Å². The molecule has 1 fully saturated rings. The molecule has 0 amide bonds. The van der Waals surface area contributed by atoms with Crippen LogP contribution < -0.4 is 16.0 Å². The van der Waals surface area contributed by atoms with Crippen molar-refractivity contribution in [2.45, 2.75) is 13.0 Å². The molecule has 1 saturated heterocycles. The summed E-state index contributed by atoms with van der Waals surface area (Å²) in [6, 6.07) is 8.67. The summed E-state index contributed by atoms with van der Waals surface area (Å²) in [7, 11) is 0. The minimum Gasteiger partial charge on any atom is -0.399 e. The molecule has 1 aromatic carbocycles. The van der Waals surface area contributed by atoms with Crippen molar-refractivity contribution in [3.05, 3.63) is 24.3 Å². The van der Waals surface area contributed by atoms with E-state index in [9.17, 15) is 0 Å². The van der Waals surface area contributed by atoms with Crippen molar-refractivity contribution in [1.82, 2.24) is 5.32 Å². The van der Waals surface area contributed by atoms with Crippen LogP contribution in [0.25, 0.3) is 0 Å². The van der Waals surface area contributed by atoms with Gasteiger partial charge in [0.05, 0.1) is 0 Å². The molecule has 1 unspecified atom stereocenters. The number of nitrogens with zero attached hydrogens (tertiary/aromatic N) is 1. The highest BCUT2D eigenvalue weighted by atomic mass is 15.2. The van der Waals surface area contributed by atoms with Crippen molar-refractivity contribution in [1.29, 1.82) is 0 Å². The lowest BCUT2D eigenvalue weighted by Crippen LogP contribution is -2.49. The molecule has 2 rings (SSSR count). The number of piperazine rings is 1. The summed E-state index contributed by atoms with van der Waals surface area (Å²) >= 11 is 0. The number of hydrogen-bond acceptors (Lipinski definition) is 3.